The molecule has 1 aliphatic carbocycles. The van der Waals surface area contributed by atoms with Gasteiger partial charge >= 0.3 is 0 Å². The first-order chi connectivity index (χ1) is 8.76. The SMILES string of the molecule is COC1CCC(Nc2nn3c(=O)ccnc3s2)C1. The zero-order valence-electron chi connectivity index (χ0n) is 10.00. The van der Waals surface area contributed by atoms with E-state index in [-0.39, 0.29) is 5.56 Å². The van der Waals surface area contributed by atoms with Crippen LogP contribution in [0, 0.1) is 0 Å². The lowest BCUT2D eigenvalue weighted by atomic mass is 10.2. The molecule has 7 heteroatoms. The highest BCUT2D eigenvalue weighted by molar-refractivity contribution is 7.20. The van der Waals surface area contributed by atoms with E-state index in [2.05, 4.69) is 15.4 Å². The van der Waals surface area contributed by atoms with E-state index in [4.69, 9.17) is 4.74 Å². The van der Waals surface area contributed by atoms with Crippen molar-refractivity contribution in [2.75, 3.05) is 12.4 Å². The first kappa shape index (κ1) is 11.6. The molecule has 1 aliphatic rings. The van der Waals surface area contributed by atoms with Gasteiger partial charge in [0.2, 0.25) is 10.1 Å². The third-order valence-corrected chi connectivity index (χ3v) is 4.07. The third kappa shape index (κ3) is 2.11. The minimum atomic E-state index is -0.148. The monoisotopic (exact) mass is 266 g/mol. The molecule has 96 valence electrons. The van der Waals surface area contributed by atoms with Crippen molar-refractivity contribution < 1.29 is 4.74 Å². The van der Waals surface area contributed by atoms with Crippen LogP contribution in [0.15, 0.2) is 17.1 Å². The first-order valence-electron chi connectivity index (χ1n) is 5.90. The molecule has 1 fully saturated rings. The number of aromatic nitrogens is 3. The molecular weight excluding hydrogens is 252 g/mol. The van der Waals surface area contributed by atoms with Gasteiger partial charge in [-0.3, -0.25) is 4.79 Å². The Hall–Kier alpha value is -1.47. The van der Waals surface area contributed by atoms with Gasteiger partial charge in [0.05, 0.1) is 6.10 Å². The van der Waals surface area contributed by atoms with E-state index in [0.717, 1.165) is 24.4 Å². The van der Waals surface area contributed by atoms with Crippen LogP contribution in [-0.4, -0.2) is 33.9 Å². The van der Waals surface area contributed by atoms with Crippen LogP contribution in [0.3, 0.4) is 0 Å². The molecule has 2 aromatic rings. The predicted molar refractivity (Wildman–Crippen MR) is 69.2 cm³/mol. The highest BCUT2D eigenvalue weighted by Crippen LogP contribution is 2.26. The second-order valence-electron chi connectivity index (χ2n) is 4.40. The molecule has 0 spiro atoms. The second kappa shape index (κ2) is 4.66. The number of hydrogen-bond donors (Lipinski definition) is 1. The van der Waals surface area contributed by atoms with Crippen molar-refractivity contribution in [2.24, 2.45) is 0 Å². The molecule has 2 heterocycles. The number of hydrogen-bond acceptors (Lipinski definition) is 6. The summed E-state index contributed by atoms with van der Waals surface area (Å²) in [6.45, 7) is 0. The summed E-state index contributed by atoms with van der Waals surface area (Å²) >= 11 is 1.40. The van der Waals surface area contributed by atoms with Gasteiger partial charge in [0.1, 0.15) is 0 Å². The number of fused-ring (bicyclic) bond motifs is 1. The van der Waals surface area contributed by atoms with Gasteiger partial charge in [0, 0.05) is 25.4 Å². The Balaban J connectivity index is 1.79. The molecule has 3 rings (SSSR count). The maximum atomic E-state index is 11.5. The summed E-state index contributed by atoms with van der Waals surface area (Å²) in [7, 11) is 1.74. The molecule has 0 aromatic carbocycles. The molecule has 0 bridgehead atoms. The van der Waals surface area contributed by atoms with E-state index in [1.807, 2.05) is 0 Å². The molecular formula is C11H14N4O2S. The molecule has 6 nitrogen and oxygen atoms in total. The average Bonchev–Trinajstić information content (AvgIpc) is 2.96. The fourth-order valence-electron chi connectivity index (χ4n) is 2.26. The summed E-state index contributed by atoms with van der Waals surface area (Å²) in [6.07, 6.45) is 4.96. The van der Waals surface area contributed by atoms with Crippen LogP contribution >= 0.6 is 11.3 Å². The Morgan fingerprint density at radius 2 is 2.44 bits per heavy atom. The van der Waals surface area contributed by atoms with Crippen LogP contribution in [0.25, 0.3) is 4.96 Å². The maximum Gasteiger partial charge on any atom is 0.275 e. The van der Waals surface area contributed by atoms with Crippen molar-refractivity contribution in [3.05, 3.63) is 22.6 Å². The summed E-state index contributed by atoms with van der Waals surface area (Å²) < 4.78 is 6.66. The number of anilines is 1. The molecule has 1 N–H and O–H groups in total. The zero-order chi connectivity index (χ0) is 12.5. The minimum Gasteiger partial charge on any atom is -0.381 e. The van der Waals surface area contributed by atoms with Gasteiger partial charge in [-0.05, 0) is 19.3 Å². The van der Waals surface area contributed by atoms with E-state index in [9.17, 15) is 4.79 Å². The van der Waals surface area contributed by atoms with Crippen LogP contribution in [0.2, 0.25) is 0 Å². The fourth-order valence-corrected chi connectivity index (χ4v) is 3.11. The van der Waals surface area contributed by atoms with Gasteiger partial charge in [-0.2, -0.15) is 4.52 Å². The van der Waals surface area contributed by atoms with Gasteiger partial charge in [0.15, 0.2) is 0 Å². The molecule has 0 saturated heterocycles. The Kier molecular flexibility index (Phi) is 3.00. The fraction of sp³-hybridized carbons (Fsp3) is 0.545. The van der Waals surface area contributed by atoms with Crippen LogP contribution < -0.4 is 10.9 Å². The van der Waals surface area contributed by atoms with Crippen LogP contribution in [-0.2, 0) is 4.74 Å². The van der Waals surface area contributed by atoms with Crippen molar-refractivity contribution in [1.82, 2.24) is 14.6 Å². The van der Waals surface area contributed by atoms with E-state index in [0.29, 0.717) is 17.1 Å². The highest BCUT2D eigenvalue weighted by Gasteiger charge is 2.25. The van der Waals surface area contributed by atoms with E-state index < -0.39 is 0 Å². The first-order valence-corrected chi connectivity index (χ1v) is 6.72. The normalized spacial score (nSPS) is 23.6. The topological polar surface area (TPSA) is 68.5 Å². The van der Waals surface area contributed by atoms with Gasteiger partial charge in [-0.25, -0.2) is 4.98 Å². The van der Waals surface area contributed by atoms with Crippen molar-refractivity contribution >= 4 is 21.4 Å². The molecule has 1 saturated carbocycles. The largest absolute Gasteiger partial charge is 0.381 e. The number of rotatable bonds is 3. The number of ether oxygens (including phenoxy) is 1. The Morgan fingerprint density at radius 3 is 3.17 bits per heavy atom. The van der Waals surface area contributed by atoms with E-state index in [1.54, 1.807) is 7.11 Å². The van der Waals surface area contributed by atoms with E-state index in [1.165, 1.54) is 28.1 Å². The summed E-state index contributed by atoms with van der Waals surface area (Å²) in [5, 5.41) is 8.33. The summed E-state index contributed by atoms with van der Waals surface area (Å²) in [4.78, 5) is 16.3. The Morgan fingerprint density at radius 1 is 1.56 bits per heavy atom. The van der Waals surface area contributed by atoms with Gasteiger partial charge in [0.25, 0.3) is 5.56 Å². The van der Waals surface area contributed by atoms with Gasteiger partial charge in [-0.1, -0.05) is 11.3 Å². The van der Waals surface area contributed by atoms with E-state index >= 15 is 0 Å². The maximum absolute atomic E-state index is 11.5. The van der Waals surface area contributed by atoms with Crippen LogP contribution in [0.4, 0.5) is 5.13 Å². The van der Waals surface area contributed by atoms with Gasteiger partial charge < -0.3 is 10.1 Å². The quantitative estimate of drug-likeness (QED) is 0.902. The number of nitrogens with one attached hydrogen (secondary N) is 1. The van der Waals surface area contributed by atoms with Crippen LogP contribution in [0.5, 0.6) is 0 Å². The zero-order valence-corrected chi connectivity index (χ0v) is 10.8. The predicted octanol–water partition coefficient (Wildman–Crippen LogP) is 1.13. The van der Waals surface area contributed by atoms with Crippen molar-refractivity contribution in [2.45, 2.75) is 31.4 Å². The standard InChI is InChI=1S/C11H14N4O2S/c1-17-8-3-2-7(6-8)13-10-14-15-9(16)4-5-12-11(15)18-10/h4-5,7-8H,2-3,6H2,1H3,(H,13,14). The lowest BCUT2D eigenvalue weighted by Gasteiger charge is -2.10. The molecule has 2 unspecified atom stereocenters. The summed E-state index contributed by atoms with van der Waals surface area (Å²) in [6, 6.07) is 1.78. The second-order valence-corrected chi connectivity index (χ2v) is 5.35. The lowest BCUT2D eigenvalue weighted by molar-refractivity contribution is 0.108. The minimum absolute atomic E-state index is 0.148. The molecule has 0 amide bonds. The average molecular weight is 266 g/mol. The van der Waals surface area contributed by atoms with Crippen molar-refractivity contribution in [1.29, 1.82) is 0 Å². The third-order valence-electron chi connectivity index (χ3n) is 3.22. The highest BCUT2D eigenvalue weighted by atomic mass is 32.1. The lowest BCUT2D eigenvalue weighted by Crippen LogP contribution is -2.18. The summed E-state index contributed by atoms with van der Waals surface area (Å²) in [5.74, 6) is 0. The van der Waals surface area contributed by atoms with Crippen molar-refractivity contribution in [3.63, 3.8) is 0 Å². The number of nitrogens with zero attached hydrogens (tertiary/aromatic N) is 3. The van der Waals surface area contributed by atoms with Crippen LogP contribution in [0.1, 0.15) is 19.3 Å². The molecule has 18 heavy (non-hydrogen) atoms. The molecule has 0 aliphatic heterocycles. The Labute approximate surface area is 108 Å². The molecule has 2 atom stereocenters. The Bertz CT molecular complexity index is 608. The molecule has 0 radical (unpaired) electrons. The summed E-state index contributed by atoms with van der Waals surface area (Å²) in [5.41, 5.74) is -0.148. The molecule has 2 aromatic heterocycles. The van der Waals surface area contributed by atoms with Crippen molar-refractivity contribution in [3.8, 4) is 0 Å². The smallest absolute Gasteiger partial charge is 0.275 e. The van der Waals surface area contributed by atoms with Gasteiger partial charge in [-0.15, -0.1) is 5.10 Å². The number of methoxy groups -OCH3 is 1.